The van der Waals surface area contributed by atoms with Crippen LogP contribution in [0.1, 0.15) is 5.89 Å². The molecule has 2 aromatic rings. The Kier molecular flexibility index (Phi) is 2.74. The first-order valence-electron chi connectivity index (χ1n) is 4.46. The third kappa shape index (κ3) is 1.83. The number of rotatable bonds is 2. The van der Waals surface area contributed by atoms with Crippen LogP contribution in [-0.2, 0) is 0 Å². The number of hydrogen-bond donors (Lipinski definition) is 0. The van der Waals surface area contributed by atoms with Crippen LogP contribution in [-0.4, -0.2) is 9.91 Å². The first kappa shape index (κ1) is 10.8. The van der Waals surface area contributed by atoms with Crippen molar-refractivity contribution < 1.29 is 9.34 Å². The molecule has 82 valence electrons. The molecule has 6 heteroatoms. The average molecular weight is 283 g/mol. The van der Waals surface area contributed by atoms with Crippen LogP contribution in [0.4, 0.5) is 5.88 Å². The highest BCUT2D eigenvalue weighted by molar-refractivity contribution is 9.10. The molecule has 16 heavy (non-hydrogen) atoms. The van der Waals surface area contributed by atoms with Gasteiger partial charge in [0.05, 0.1) is 0 Å². The molecule has 0 saturated carbocycles. The fourth-order valence-electron chi connectivity index (χ4n) is 1.37. The zero-order valence-corrected chi connectivity index (χ0v) is 9.89. The van der Waals surface area contributed by atoms with E-state index in [1.807, 2.05) is 6.07 Å². The topological polar surface area (TPSA) is 69.2 Å². The number of halogens is 1. The summed E-state index contributed by atoms with van der Waals surface area (Å²) in [7, 11) is 0. The van der Waals surface area contributed by atoms with Crippen molar-refractivity contribution in [3.8, 4) is 11.3 Å². The molecule has 0 N–H and O–H groups in total. The third-order valence-corrected chi connectivity index (χ3v) is 2.70. The average Bonchev–Trinajstić information content (AvgIpc) is 2.61. The van der Waals surface area contributed by atoms with Gasteiger partial charge in [0.1, 0.15) is 4.92 Å². The first-order valence-corrected chi connectivity index (χ1v) is 5.25. The van der Waals surface area contributed by atoms with Crippen molar-refractivity contribution in [3.05, 3.63) is 44.7 Å². The second-order valence-corrected chi connectivity index (χ2v) is 3.98. The lowest BCUT2D eigenvalue weighted by molar-refractivity contribution is -0.401. The Morgan fingerprint density at radius 3 is 2.75 bits per heavy atom. The molecule has 1 heterocycles. The zero-order valence-electron chi connectivity index (χ0n) is 8.31. The molecule has 0 fully saturated rings. The molecule has 0 aliphatic carbocycles. The van der Waals surface area contributed by atoms with Crippen molar-refractivity contribution in [3.63, 3.8) is 0 Å². The summed E-state index contributed by atoms with van der Waals surface area (Å²) in [6.07, 6.45) is 0. The van der Waals surface area contributed by atoms with Gasteiger partial charge in [0.2, 0.25) is 0 Å². The van der Waals surface area contributed by atoms with Crippen molar-refractivity contribution in [2.45, 2.75) is 6.92 Å². The van der Waals surface area contributed by atoms with Gasteiger partial charge in [-0.1, -0.05) is 34.1 Å². The molecule has 0 spiro atoms. The molecule has 0 amide bonds. The summed E-state index contributed by atoms with van der Waals surface area (Å²) in [5.74, 6) is -0.0538. The number of hydrogen-bond acceptors (Lipinski definition) is 4. The predicted molar refractivity (Wildman–Crippen MR) is 61.0 cm³/mol. The van der Waals surface area contributed by atoms with Crippen LogP contribution in [0, 0.1) is 17.0 Å². The summed E-state index contributed by atoms with van der Waals surface area (Å²) in [5, 5.41) is 10.8. The molecule has 0 saturated heterocycles. The SMILES string of the molecule is Cc1nc(-c2ccccc2Br)c([N+](=O)[O-])o1. The quantitative estimate of drug-likeness (QED) is 0.626. The van der Waals surface area contributed by atoms with Gasteiger partial charge in [0.15, 0.2) is 11.6 Å². The fourth-order valence-corrected chi connectivity index (χ4v) is 1.84. The van der Waals surface area contributed by atoms with Crippen LogP contribution < -0.4 is 0 Å². The standard InChI is InChI=1S/C10H7BrN2O3/c1-6-12-9(10(16-6)13(14)15)7-4-2-3-5-8(7)11/h2-5H,1H3. The predicted octanol–water partition coefficient (Wildman–Crippen LogP) is 3.32. The minimum atomic E-state index is -0.575. The normalized spacial score (nSPS) is 10.4. The van der Waals surface area contributed by atoms with Gasteiger partial charge >= 0.3 is 5.88 Å². The summed E-state index contributed by atoms with van der Waals surface area (Å²) in [5.41, 5.74) is 0.890. The molecule has 5 nitrogen and oxygen atoms in total. The lowest BCUT2D eigenvalue weighted by Crippen LogP contribution is -1.89. The Morgan fingerprint density at radius 1 is 1.44 bits per heavy atom. The van der Waals surface area contributed by atoms with E-state index < -0.39 is 4.92 Å². The summed E-state index contributed by atoms with van der Waals surface area (Å²) in [4.78, 5) is 14.2. The Bertz CT molecular complexity index is 551. The maximum atomic E-state index is 10.8. The van der Waals surface area contributed by atoms with Crippen LogP contribution in [0.3, 0.4) is 0 Å². The van der Waals surface area contributed by atoms with Gasteiger partial charge in [-0.05, 0) is 6.07 Å². The van der Waals surface area contributed by atoms with Gasteiger partial charge in [-0.3, -0.25) is 10.1 Å². The number of oxazole rings is 1. The van der Waals surface area contributed by atoms with E-state index in [1.165, 1.54) is 0 Å². The van der Waals surface area contributed by atoms with Crippen molar-refractivity contribution in [1.29, 1.82) is 0 Å². The minimum absolute atomic E-state index is 0.245. The number of nitrogens with zero attached hydrogens (tertiary/aromatic N) is 2. The van der Waals surface area contributed by atoms with E-state index in [9.17, 15) is 10.1 Å². The highest BCUT2D eigenvalue weighted by Crippen LogP contribution is 2.34. The summed E-state index contributed by atoms with van der Waals surface area (Å²) >= 11 is 3.32. The van der Waals surface area contributed by atoms with Crippen molar-refractivity contribution in [2.75, 3.05) is 0 Å². The maximum Gasteiger partial charge on any atom is 0.461 e. The highest BCUT2D eigenvalue weighted by Gasteiger charge is 2.24. The largest absolute Gasteiger partial charge is 0.461 e. The van der Waals surface area contributed by atoms with Gasteiger partial charge in [-0.25, -0.2) is 4.98 Å². The fraction of sp³-hybridized carbons (Fsp3) is 0.100. The zero-order chi connectivity index (χ0) is 11.7. The molecule has 1 aromatic heterocycles. The van der Waals surface area contributed by atoms with E-state index in [-0.39, 0.29) is 17.5 Å². The van der Waals surface area contributed by atoms with Crippen molar-refractivity contribution in [2.24, 2.45) is 0 Å². The molecular formula is C10H7BrN2O3. The van der Waals surface area contributed by atoms with Gasteiger partial charge in [-0.2, -0.15) is 0 Å². The highest BCUT2D eigenvalue weighted by atomic mass is 79.9. The van der Waals surface area contributed by atoms with Gasteiger partial charge in [-0.15, -0.1) is 0 Å². The molecular weight excluding hydrogens is 276 g/mol. The summed E-state index contributed by atoms with van der Waals surface area (Å²) < 4.78 is 5.70. The maximum absolute atomic E-state index is 10.8. The molecule has 0 bridgehead atoms. The molecule has 0 aliphatic rings. The molecule has 0 aliphatic heterocycles. The van der Waals surface area contributed by atoms with E-state index in [4.69, 9.17) is 4.42 Å². The lowest BCUT2D eigenvalue weighted by Gasteiger charge is -1.98. The van der Waals surface area contributed by atoms with Crippen LogP contribution in [0.15, 0.2) is 33.2 Å². The summed E-state index contributed by atoms with van der Waals surface area (Å²) in [6, 6.07) is 7.15. The van der Waals surface area contributed by atoms with Crippen molar-refractivity contribution >= 4 is 21.8 Å². The number of aryl methyl sites for hydroxylation is 1. The molecule has 1 aromatic carbocycles. The number of benzene rings is 1. The van der Waals surface area contributed by atoms with Crippen LogP contribution >= 0.6 is 15.9 Å². The smallest absolute Gasteiger partial charge is 0.385 e. The monoisotopic (exact) mass is 282 g/mol. The second-order valence-electron chi connectivity index (χ2n) is 3.12. The van der Waals surface area contributed by atoms with Crippen LogP contribution in [0.25, 0.3) is 11.3 Å². The third-order valence-electron chi connectivity index (χ3n) is 2.01. The van der Waals surface area contributed by atoms with Crippen LogP contribution in [0.2, 0.25) is 0 Å². The number of nitro groups is 1. The minimum Gasteiger partial charge on any atom is -0.385 e. The Morgan fingerprint density at radius 2 is 2.12 bits per heavy atom. The Hall–Kier alpha value is -1.69. The van der Waals surface area contributed by atoms with E-state index in [0.29, 0.717) is 5.56 Å². The lowest BCUT2D eigenvalue weighted by atomic mass is 10.1. The van der Waals surface area contributed by atoms with Gasteiger partial charge in [0.25, 0.3) is 0 Å². The van der Waals surface area contributed by atoms with E-state index in [1.54, 1.807) is 25.1 Å². The molecule has 0 atom stereocenters. The molecule has 2 rings (SSSR count). The Labute approximate surface area is 99.4 Å². The number of aromatic nitrogens is 1. The second kappa shape index (κ2) is 4.05. The van der Waals surface area contributed by atoms with Gasteiger partial charge < -0.3 is 4.42 Å². The van der Waals surface area contributed by atoms with Gasteiger partial charge in [0, 0.05) is 17.0 Å². The first-order chi connectivity index (χ1) is 7.59. The van der Waals surface area contributed by atoms with E-state index >= 15 is 0 Å². The van der Waals surface area contributed by atoms with E-state index in [0.717, 1.165) is 4.47 Å². The van der Waals surface area contributed by atoms with Crippen molar-refractivity contribution in [1.82, 2.24) is 4.98 Å². The molecule has 0 unspecified atom stereocenters. The molecule has 0 radical (unpaired) electrons. The summed E-state index contributed by atoms with van der Waals surface area (Å²) in [6.45, 7) is 1.58. The van der Waals surface area contributed by atoms with E-state index in [2.05, 4.69) is 20.9 Å². The Balaban J connectivity index is 2.64. The van der Waals surface area contributed by atoms with Crippen LogP contribution in [0.5, 0.6) is 0 Å².